The predicted octanol–water partition coefficient (Wildman–Crippen LogP) is 2.49. The molecular weight excluding hydrogens is 246 g/mol. The van der Waals surface area contributed by atoms with Crippen LogP contribution >= 0.6 is 0 Å². The highest BCUT2D eigenvalue weighted by Gasteiger charge is 2.20. The molecule has 1 fully saturated rings. The van der Waals surface area contributed by atoms with Gasteiger partial charge in [0.2, 0.25) is 0 Å². The van der Waals surface area contributed by atoms with E-state index in [2.05, 4.69) is 48.2 Å². The van der Waals surface area contributed by atoms with E-state index in [4.69, 9.17) is 5.73 Å². The number of benzene rings is 1. The molecule has 0 spiro atoms. The van der Waals surface area contributed by atoms with Crippen LogP contribution < -0.4 is 5.73 Å². The Kier molecular flexibility index (Phi) is 6.02. The van der Waals surface area contributed by atoms with E-state index in [1.807, 2.05) is 6.07 Å². The summed E-state index contributed by atoms with van der Waals surface area (Å²) in [5.74, 6) is 0. The molecule has 20 heavy (non-hydrogen) atoms. The number of hydrogen-bond acceptors (Lipinski definition) is 3. The van der Waals surface area contributed by atoms with Crippen molar-refractivity contribution >= 4 is 0 Å². The summed E-state index contributed by atoms with van der Waals surface area (Å²) in [4.78, 5) is 4.97. The molecule has 112 valence electrons. The molecule has 3 heteroatoms. The lowest BCUT2D eigenvalue weighted by Gasteiger charge is -2.36. The first kappa shape index (κ1) is 15.5. The van der Waals surface area contributed by atoms with Gasteiger partial charge in [-0.2, -0.15) is 0 Å². The fourth-order valence-electron chi connectivity index (χ4n) is 3.11. The number of nitrogens with zero attached hydrogens (tertiary/aromatic N) is 2. The minimum atomic E-state index is 0.179. The van der Waals surface area contributed by atoms with Gasteiger partial charge >= 0.3 is 0 Å². The Labute approximate surface area is 123 Å². The molecule has 1 aromatic rings. The van der Waals surface area contributed by atoms with E-state index in [-0.39, 0.29) is 6.04 Å². The van der Waals surface area contributed by atoms with Crippen molar-refractivity contribution in [3.05, 3.63) is 35.9 Å². The molecular formula is C17H29N3. The van der Waals surface area contributed by atoms with Gasteiger partial charge in [-0.1, -0.05) is 30.3 Å². The van der Waals surface area contributed by atoms with E-state index < -0.39 is 0 Å². The smallest absolute Gasteiger partial charge is 0.0295 e. The number of rotatable bonds is 6. The van der Waals surface area contributed by atoms with Crippen LogP contribution in [0, 0.1) is 0 Å². The molecule has 1 heterocycles. The maximum Gasteiger partial charge on any atom is 0.0295 e. The predicted molar refractivity (Wildman–Crippen MR) is 85.8 cm³/mol. The summed E-state index contributed by atoms with van der Waals surface area (Å²) < 4.78 is 0. The highest BCUT2D eigenvalue weighted by atomic mass is 15.2. The highest BCUT2D eigenvalue weighted by Crippen LogP contribution is 2.17. The van der Waals surface area contributed by atoms with Gasteiger partial charge in [0.15, 0.2) is 0 Å². The van der Waals surface area contributed by atoms with Crippen LogP contribution in [0.15, 0.2) is 30.3 Å². The fourth-order valence-corrected chi connectivity index (χ4v) is 3.11. The van der Waals surface area contributed by atoms with Crippen molar-refractivity contribution in [1.29, 1.82) is 0 Å². The SMILES string of the molecule is CN1CCCC(N(C)CCCC(N)c2ccccc2)C1. The summed E-state index contributed by atoms with van der Waals surface area (Å²) in [6, 6.07) is 11.3. The van der Waals surface area contributed by atoms with Gasteiger partial charge in [-0.05, 0) is 58.4 Å². The number of nitrogens with two attached hydrogens (primary N) is 1. The molecule has 2 rings (SSSR count). The zero-order chi connectivity index (χ0) is 14.4. The van der Waals surface area contributed by atoms with Gasteiger partial charge in [0.05, 0.1) is 0 Å². The van der Waals surface area contributed by atoms with Crippen LogP contribution in [0.25, 0.3) is 0 Å². The number of hydrogen-bond donors (Lipinski definition) is 1. The Hall–Kier alpha value is -0.900. The van der Waals surface area contributed by atoms with E-state index in [1.165, 1.54) is 37.9 Å². The number of piperidine rings is 1. The zero-order valence-electron chi connectivity index (χ0n) is 13.0. The Morgan fingerprint density at radius 2 is 2.10 bits per heavy atom. The van der Waals surface area contributed by atoms with Gasteiger partial charge in [-0.25, -0.2) is 0 Å². The molecule has 0 radical (unpaired) electrons. The monoisotopic (exact) mass is 275 g/mol. The van der Waals surface area contributed by atoms with Gasteiger partial charge in [0.25, 0.3) is 0 Å². The minimum absolute atomic E-state index is 0.179. The summed E-state index contributed by atoms with van der Waals surface area (Å²) >= 11 is 0. The van der Waals surface area contributed by atoms with Crippen LogP contribution in [-0.2, 0) is 0 Å². The summed E-state index contributed by atoms with van der Waals surface area (Å²) in [7, 11) is 4.49. The Bertz CT molecular complexity index is 379. The van der Waals surface area contributed by atoms with Crippen molar-refractivity contribution in [2.24, 2.45) is 5.73 Å². The third-order valence-electron chi connectivity index (χ3n) is 4.48. The van der Waals surface area contributed by atoms with E-state index in [9.17, 15) is 0 Å². The normalized spacial score (nSPS) is 22.1. The molecule has 0 amide bonds. The second-order valence-electron chi connectivity index (χ2n) is 6.20. The van der Waals surface area contributed by atoms with Crippen molar-refractivity contribution in [3.8, 4) is 0 Å². The first-order valence-electron chi connectivity index (χ1n) is 7.86. The lowest BCUT2D eigenvalue weighted by atomic mass is 10.0. The van der Waals surface area contributed by atoms with Gasteiger partial charge < -0.3 is 15.5 Å². The van der Waals surface area contributed by atoms with Crippen LogP contribution in [0.3, 0.4) is 0 Å². The molecule has 2 unspecified atom stereocenters. The zero-order valence-corrected chi connectivity index (χ0v) is 13.0. The highest BCUT2D eigenvalue weighted by molar-refractivity contribution is 5.18. The van der Waals surface area contributed by atoms with Gasteiger partial charge in [0, 0.05) is 18.6 Å². The lowest BCUT2D eigenvalue weighted by molar-refractivity contribution is 0.132. The standard InChI is InChI=1S/C17H29N3/c1-19-12-6-10-16(14-19)20(2)13-7-11-17(18)15-8-4-3-5-9-15/h3-5,8-9,16-17H,6-7,10-14,18H2,1-2H3. The van der Waals surface area contributed by atoms with Crippen LogP contribution in [-0.4, -0.2) is 49.6 Å². The van der Waals surface area contributed by atoms with Crippen LogP contribution in [0.1, 0.15) is 37.3 Å². The summed E-state index contributed by atoms with van der Waals surface area (Å²) in [5.41, 5.74) is 7.51. The molecule has 1 aliphatic heterocycles. The largest absolute Gasteiger partial charge is 0.324 e. The van der Waals surface area contributed by atoms with Crippen molar-refractivity contribution in [2.45, 2.75) is 37.8 Å². The maximum absolute atomic E-state index is 6.25. The van der Waals surface area contributed by atoms with Crippen molar-refractivity contribution in [1.82, 2.24) is 9.80 Å². The summed E-state index contributed by atoms with van der Waals surface area (Å²) in [6.45, 7) is 3.61. The first-order chi connectivity index (χ1) is 9.66. The van der Waals surface area contributed by atoms with Gasteiger partial charge in [-0.15, -0.1) is 0 Å². The molecule has 1 aromatic carbocycles. The van der Waals surface area contributed by atoms with Crippen molar-refractivity contribution < 1.29 is 0 Å². The molecule has 2 N–H and O–H groups in total. The molecule has 3 nitrogen and oxygen atoms in total. The third-order valence-corrected chi connectivity index (χ3v) is 4.48. The molecule has 0 bridgehead atoms. The van der Waals surface area contributed by atoms with Crippen molar-refractivity contribution in [2.75, 3.05) is 33.7 Å². The summed E-state index contributed by atoms with van der Waals surface area (Å²) in [6.07, 6.45) is 4.91. The minimum Gasteiger partial charge on any atom is -0.324 e. The third kappa shape index (κ3) is 4.58. The van der Waals surface area contributed by atoms with E-state index in [1.54, 1.807) is 0 Å². The fraction of sp³-hybridized carbons (Fsp3) is 0.647. The molecule has 1 saturated heterocycles. The Morgan fingerprint density at radius 3 is 2.80 bits per heavy atom. The van der Waals surface area contributed by atoms with Crippen LogP contribution in [0.5, 0.6) is 0 Å². The Balaban J connectivity index is 1.70. The molecule has 2 atom stereocenters. The molecule has 0 aliphatic carbocycles. The number of likely N-dealkylation sites (tertiary alicyclic amines) is 1. The summed E-state index contributed by atoms with van der Waals surface area (Å²) in [5, 5.41) is 0. The Morgan fingerprint density at radius 1 is 1.35 bits per heavy atom. The second-order valence-corrected chi connectivity index (χ2v) is 6.20. The second kappa shape index (κ2) is 7.77. The van der Waals surface area contributed by atoms with Gasteiger partial charge in [0.1, 0.15) is 0 Å². The van der Waals surface area contributed by atoms with E-state index in [0.717, 1.165) is 19.0 Å². The average molecular weight is 275 g/mol. The number of likely N-dealkylation sites (N-methyl/N-ethyl adjacent to an activating group) is 2. The maximum atomic E-state index is 6.25. The van der Waals surface area contributed by atoms with Crippen LogP contribution in [0.2, 0.25) is 0 Å². The van der Waals surface area contributed by atoms with Gasteiger partial charge in [-0.3, -0.25) is 0 Å². The van der Waals surface area contributed by atoms with Crippen molar-refractivity contribution in [3.63, 3.8) is 0 Å². The lowest BCUT2D eigenvalue weighted by Crippen LogP contribution is -2.45. The van der Waals surface area contributed by atoms with Crippen LogP contribution in [0.4, 0.5) is 0 Å². The van der Waals surface area contributed by atoms with E-state index in [0.29, 0.717) is 0 Å². The molecule has 1 aliphatic rings. The molecule has 0 saturated carbocycles. The first-order valence-corrected chi connectivity index (χ1v) is 7.86. The topological polar surface area (TPSA) is 32.5 Å². The quantitative estimate of drug-likeness (QED) is 0.866. The van der Waals surface area contributed by atoms with E-state index >= 15 is 0 Å². The average Bonchev–Trinajstić information content (AvgIpc) is 2.48. The molecule has 0 aromatic heterocycles.